The van der Waals surface area contributed by atoms with Gasteiger partial charge in [-0.3, -0.25) is 4.79 Å². The molecule has 1 N–H and O–H groups in total. The van der Waals surface area contributed by atoms with Crippen LogP contribution < -0.4 is 5.32 Å². The van der Waals surface area contributed by atoms with Gasteiger partial charge in [0.25, 0.3) is 0 Å². The summed E-state index contributed by atoms with van der Waals surface area (Å²) >= 11 is 0. The van der Waals surface area contributed by atoms with Crippen LogP contribution in [0.3, 0.4) is 0 Å². The summed E-state index contributed by atoms with van der Waals surface area (Å²) in [6.07, 6.45) is 6.70. The quantitative estimate of drug-likeness (QED) is 0.576. The first kappa shape index (κ1) is 24.7. The van der Waals surface area contributed by atoms with Gasteiger partial charge in [-0.25, -0.2) is 13.4 Å². The van der Waals surface area contributed by atoms with Crippen LogP contribution in [0.1, 0.15) is 72.0 Å². The van der Waals surface area contributed by atoms with Gasteiger partial charge in [0.2, 0.25) is 15.9 Å². The summed E-state index contributed by atoms with van der Waals surface area (Å²) in [7, 11) is -3.53. The zero-order chi connectivity index (χ0) is 23.3. The number of hydrogen-bond donors (Lipinski definition) is 1. The average Bonchev–Trinajstić information content (AvgIpc) is 3.15. The van der Waals surface area contributed by atoms with E-state index < -0.39 is 10.0 Å². The van der Waals surface area contributed by atoms with Crippen LogP contribution >= 0.6 is 0 Å². The monoisotopic (exact) mass is 462 g/mol. The van der Waals surface area contributed by atoms with E-state index in [-0.39, 0.29) is 10.8 Å². The number of nitrogens with one attached hydrogen (secondary N) is 1. The lowest BCUT2D eigenvalue weighted by atomic mass is 9.84. The van der Waals surface area contributed by atoms with Crippen LogP contribution in [-0.4, -0.2) is 47.3 Å². The molecule has 32 heavy (non-hydrogen) atoms. The Bertz CT molecular complexity index is 1020. The second-order valence-corrected chi connectivity index (χ2v) is 10.6. The fourth-order valence-electron chi connectivity index (χ4n) is 4.82. The van der Waals surface area contributed by atoms with E-state index in [0.29, 0.717) is 37.5 Å². The highest BCUT2D eigenvalue weighted by Crippen LogP contribution is 2.27. The van der Waals surface area contributed by atoms with Crippen molar-refractivity contribution in [2.75, 3.05) is 13.1 Å². The van der Waals surface area contributed by atoms with Crippen molar-refractivity contribution in [3.8, 4) is 0 Å². The smallest absolute Gasteiger partial charge is 0.243 e. The van der Waals surface area contributed by atoms with Crippen LogP contribution in [0, 0.1) is 5.92 Å². The van der Waals surface area contributed by atoms with E-state index in [1.54, 1.807) is 12.1 Å². The molecule has 3 rings (SSSR count). The Morgan fingerprint density at radius 2 is 1.81 bits per heavy atom. The van der Waals surface area contributed by atoms with Crippen LogP contribution in [0.4, 0.5) is 0 Å². The summed E-state index contributed by atoms with van der Waals surface area (Å²) in [6.45, 7) is 9.54. The highest BCUT2D eigenvalue weighted by molar-refractivity contribution is 7.89. The number of rotatable bonds is 10. The first-order valence-electron chi connectivity index (χ1n) is 12.1. The molecule has 0 unspecified atom stereocenters. The van der Waals surface area contributed by atoms with Gasteiger partial charge >= 0.3 is 0 Å². The number of hydrogen-bond acceptors (Lipinski definition) is 4. The predicted molar refractivity (Wildman–Crippen MR) is 128 cm³/mol. The van der Waals surface area contributed by atoms with Gasteiger partial charge in [-0.05, 0) is 56.7 Å². The number of sulfonamides is 1. The molecular formula is C24H38N4O3S. The van der Waals surface area contributed by atoms with Gasteiger partial charge < -0.3 is 9.88 Å². The first-order chi connectivity index (χ1) is 15.3. The summed E-state index contributed by atoms with van der Waals surface area (Å²) in [4.78, 5) is 17.5. The maximum atomic E-state index is 12.9. The second-order valence-electron chi connectivity index (χ2n) is 8.71. The lowest BCUT2D eigenvalue weighted by Crippen LogP contribution is -2.37. The fourth-order valence-corrected chi connectivity index (χ4v) is 6.30. The average molecular weight is 463 g/mol. The summed E-state index contributed by atoms with van der Waals surface area (Å²) < 4.78 is 29.3. The summed E-state index contributed by atoms with van der Waals surface area (Å²) in [6, 6.07) is 5.44. The molecule has 1 aromatic carbocycles. The maximum Gasteiger partial charge on any atom is 0.243 e. The van der Waals surface area contributed by atoms with Crippen molar-refractivity contribution in [1.29, 1.82) is 0 Å². The Labute approximate surface area is 192 Å². The van der Waals surface area contributed by atoms with E-state index in [1.165, 1.54) is 23.6 Å². The van der Waals surface area contributed by atoms with E-state index in [4.69, 9.17) is 4.98 Å². The lowest BCUT2D eigenvalue weighted by Gasteiger charge is -2.28. The maximum absolute atomic E-state index is 12.9. The van der Waals surface area contributed by atoms with Gasteiger partial charge in [-0.15, -0.1) is 0 Å². The zero-order valence-corrected chi connectivity index (χ0v) is 20.7. The second kappa shape index (κ2) is 10.8. The Kier molecular flexibility index (Phi) is 8.33. The Hall–Kier alpha value is -1.93. The van der Waals surface area contributed by atoms with Crippen molar-refractivity contribution in [1.82, 2.24) is 19.2 Å². The molecule has 1 aliphatic carbocycles. The van der Waals surface area contributed by atoms with Crippen molar-refractivity contribution < 1.29 is 13.2 Å². The molecular weight excluding hydrogens is 424 g/mol. The molecule has 0 saturated heterocycles. The molecule has 0 atom stereocenters. The molecule has 178 valence electrons. The number of carbonyl (C=O) groups is 1. The number of nitrogens with zero attached hydrogens (tertiary/aromatic N) is 3. The minimum absolute atomic E-state index is 0.0736. The van der Waals surface area contributed by atoms with Crippen molar-refractivity contribution in [3.63, 3.8) is 0 Å². The molecule has 0 spiro atoms. The predicted octanol–water partition coefficient (Wildman–Crippen LogP) is 4.10. The van der Waals surface area contributed by atoms with Gasteiger partial charge in [0.05, 0.1) is 15.9 Å². The third-order valence-electron chi connectivity index (χ3n) is 6.82. The van der Waals surface area contributed by atoms with Crippen molar-refractivity contribution in [2.45, 2.75) is 90.1 Å². The first-order valence-corrected chi connectivity index (χ1v) is 13.6. The minimum atomic E-state index is -3.53. The largest absolute Gasteiger partial charge is 0.353 e. The van der Waals surface area contributed by atoms with E-state index in [2.05, 4.69) is 16.8 Å². The third kappa shape index (κ3) is 5.34. The molecule has 0 radical (unpaired) electrons. The molecule has 8 heteroatoms. The molecule has 1 saturated carbocycles. The Morgan fingerprint density at radius 1 is 1.12 bits per heavy atom. The standard InChI is InChI=1S/C24H38N4O3S/c1-5-18-9-11-19(12-10-18)25-24(29)16-15-23-26-21-17-20(13-14-22(21)28(23)8-4)32(30,31)27(6-2)7-3/h13-14,17-19H,5-12,15-16H2,1-4H3,(H,25,29). The fraction of sp³-hybridized carbons (Fsp3) is 0.667. The number of amides is 1. The number of imidazole rings is 1. The molecule has 1 aromatic heterocycles. The van der Waals surface area contributed by atoms with Crippen molar-refractivity contribution in [3.05, 3.63) is 24.0 Å². The van der Waals surface area contributed by atoms with Gasteiger partial charge in [0.15, 0.2) is 0 Å². The summed E-state index contributed by atoms with van der Waals surface area (Å²) in [5.41, 5.74) is 1.56. The van der Waals surface area contributed by atoms with Crippen LogP contribution in [-0.2, 0) is 27.8 Å². The van der Waals surface area contributed by atoms with E-state index in [9.17, 15) is 13.2 Å². The number of fused-ring (bicyclic) bond motifs is 1. The normalized spacial score (nSPS) is 19.5. The van der Waals surface area contributed by atoms with Crippen molar-refractivity contribution >= 4 is 27.0 Å². The van der Waals surface area contributed by atoms with Crippen LogP contribution in [0.25, 0.3) is 11.0 Å². The van der Waals surface area contributed by atoms with E-state index >= 15 is 0 Å². The highest BCUT2D eigenvalue weighted by Gasteiger charge is 2.24. The summed E-state index contributed by atoms with van der Waals surface area (Å²) in [5, 5.41) is 3.20. The van der Waals surface area contributed by atoms with Gasteiger partial charge in [0, 0.05) is 38.5 Å². The number of benzene rings is 1. The number of aryl methyl sites for hydroxylation is 2. The van der Waals surface area contributed by atoms with Crippen molar-refractivity contribution in [2.24, 2.45) is 5.92 Å². The molecule has 2 aromatic rings. The summed E-state index contributed by atoms with van der Waals surface area (Å²) in [5.74, 6) is 1.71. The Balaban J connectivity index is 1.71. The van der Waals surface area contributed by atoms with Gasteiger partial charge in [0.1, 0.15) is 5.82 Å². The number of carbonyl (C=O) groups excluding carboxylic acids is 1. The topological polar surface area (TPSA) is 84.3 Å². The van der Waals surface area contributed by atoms with Gasteiger partial charge in [-0.2, -0.15) is 4.31 Å². The molecule has 0 bridgehead atoms. The molecule has 1 amide bonds. The van der Waals surface area contributed by atoms with Crippen LogP contribution in [0.2, 0.25) is 0 Å². The molecule has 1 heterocycles. The third-order valence-corrected chi connectivity index (χ3v) is 8.87. The van der Waals surface area contributed by atoms with E-state index in [0.717, 1.165) is 36.6 Å². The highest BCUT2D eigenvalue weighted by atomic mass is 32.2. The Morgan fingerprint density at radius 3 is 2.41 bits per heavy atom. The molecule has 7 nitrogen and oxygen atoms in total. The van der Waals surface area contributed by atoms with Crippen LogP contribution in [0.15, 0.2) is 23.1 Å². The number of aromatic nitrogens is 2. The van der Waals surface area contributed by atoms with Gasteiger partial charge in [-0.1, -0.05) is 27.2 Å². The molecule has 0 aliphatic heterocycles. The lowest BCUT2D eigenvalue weighted by molar-refractivity contribution is -0.122. The molecule has 1 fully saturated rings. The van der Waals surface area contributed by atoms with Crippen LogP contribution in [0.5, 0.6) is 0 Å². The minimum Gasteiger partial charge on any atom is -0.353 e. The molecule has 1 aliphatic rings. The SMILES string of the molecule is CCC1CCC(NC(=O)CCc2nc3cc(S(=O)(=O)N(CC)CC)ccc3n2CC)CC1. The van der Waals surface area contributed by atoms with E-state index in [1.807, 2.05) is 26.8 Å². The zero-order valence-electron chi connectivity index (χ0n) is 19.9.